The van der Waals surface area contributed by atoms with Crippen molar-refractivity contribution in [2.75, 3.05) is 26.2 Å². The number of hydrogen-bond acceptors (Lipinski definition) is 4. The first-order valence-electron chi connectivity index (χ1n) is 10.6. The molecule has 0 atom stereocenters. The lowest BCUT2D eigenvalue weighted by Crippen LogP contribution is -2.38. The van der Waals surface area contributed by atoms with Gasteiger partial charge in [-0.05, 0) is 44.8 Å². The van der Waals surface area contributed by atoms with Gasteiger partial charge in [0.05, 0.1) is 17.0 Å². The summed E-state index contributed by atoms with van der Waals surface area (Å²) in [5.74, 6) is -0.0670. The Morgan fingerprint density at radius 1 is 1.14 bits per heavy atom. The largest absolute Gasteiger partial charge is 0.351 e. The standard InChI is InChI=1S/C23H29N5O/c1-3-20-19(23(29)24-12-15-27-13-8-5-9-14-27)16-25-22-21(17(2)26-28(20)22)18-10-6-4-7-11-18/h4,6-7,10-11,16H,3,5,8-9,12-15H2,1-2H3,(H,24,29). The van der Waals surface area contributed by atoms with E-state index in [0.717, 1.165) is 47.8 Å². The normalized spacial score (nSPS) is 15.0. The van der Waals surface area contributed by atoms with Crippen LogP contribution in [0.5, 0.6) is 0 Å². The van der Waals surface area contributed by atoms with Crippen LogP contribution in [-0.2, 0) is 6.42 Å². The second-order valence-electron chi connectivity index (χ2n) is 7.69. The molecule has 4 rings (SSSR count). The van der Waals surface area contributed by atoms with Gasteiger partial charge >= 0.3 is 0 Å². The van der Waals surface area contributed by atoms with Gasteiger partial charge in [0.25, 0.3) is 5.91 Å². The zero-order valence-corrected chi connectivity index (χ0v) is 17.3. The highest BCUT2D eigenvalue weighted by molar-refractivity contribution is 5.95. The van der Waals surface area contributed by atoms with Crippen LogP contribution in [0, 0.1) is 6.92 Å². The number of carbonyl (C=O) groups is 1. The Labute approximate surface area is 171 Å². The predicted octanol–water partition coefficient (Wildman–Crippen LogP) is 3.48. The van der Waals surface area contributed by atoms with E-state index in [1.807, 2.05) is 29.6 Å². The van der Waals surface area contributed by atoms with Crippen LogP contribution in [0.2, 0.25) is 0 Å². The van der Waals surface area contributed by atoms with Crippen LogP contribution in [0.25, 0.3) is 16.8 Å². The van der Waals surface area contributed by atoms with E-state index in [0.29, 0.717) is 18.5 Å². The molecule has 1 N–H and O–H groups in total. The van der Waals surface area contributed by atoms with Gasteiger partial charge in [-0.15, -0.1) is 0 Å². The summed E-state index contributed by atoms with van der Waals surface area (Å²) in [5.41, 5.74) is 5.35. The molecule has 0 aliphatic carbocycles. The fraction of sp³-hybridized carbons (Fsp3) is 0.435. The van der Waals surface area contributed by atoms with Gasteiger partial charge in [0.1, 0.15) is 0 Å². The number of carbonyl (C=O) groups excluding carboxylic acids is 1. The van der Waals surface area contributed by atoms with Gasteiger partial charge in [0.2, 0.25) is 0 Å². The predicted molar refractivity (Wildman–Crippen MR) is 115 cm³/mol. The van der Waals surface area contributed by atoms with Crippen molar-refractivity contribution in [2.45, 2.75) is 39.5 Å². The third-order valence-corrected chi connectivity index (χ3v) is 5.72. The van der Waals surface area contributed by atoms with E-state index in [9.17, 15) is 4.79 Å². The Balaban J connectivity index is 1.58. The molecule has 1 aromatic carbocycles. The van der Waals surface area contributed by atoms with Gasteiger partial charge in [-0.3, -0.25) is 4.79 Å². The summed E-state index contributed by atoms with van der Waals surface area (Å²) in [5, 5.41) is 7.80. The minimum Gasteiger partial charge on any atom is -0.351 e. The number of benzene rings is 1. The van der Waals surface area contributed by atoms with Gasteiger partial charge < -0.3 is 10.2 Å². The molecule has 0 radical (unpaired) electrons. The molecule has 1 saturated heterocycles. The molecule has 6 heteroatoms. The summed E-state index contributed by atoms with van der Waals surface area (Å²) in [6.07, 6.45) is 6.26. The number of hydrogen-bond donors (Lipinski definition) is 1. The van der Waals surface area contributed by atoms with Crippen molar-refractivity contribution in [3.63, 3.8) is 0 Å². The van der Waals surface area contributed by atoms with E-state index >= 15 is 0 Å². The van der Waals surface area contributed by atoms with E-state index in [-0.39, 0.29) is 5.91 Å². The molecule has 29 heavy (non-hydrogen) atoms. The van der Waals surface area contributed by atoms with E-state index in [2.05, 4.69) is 34.3 Å². The number of piperidine rings is 1. The van der Waals surface area contributed by atoms with Crippen molar-refractivity contribution in [1.82, 2.24) is 24.8 Å². The van der Waals surface area contributed by atoms with Crippen LogP contribution < -0.4 is 5.32 Å². The molecule has 1 aliphatic heterocycles. The lowest BCUT2D eigenvalue weighted by atomic mass is 10.1. The lowest BCUT2D eigenvalue weighted by Gasteiger charge is -2.26. The van der Waals surface area contributed by atoms with Crippen molar-refractivity contribution in [2.24, 2.45) is 0 Å². The second kappa shape index (κ2) is 8.74. The van der Waals surface area contributed by atoms with Gasteiger partial charge in [-0.1, -0.05) is 43.7 Å². The maximum absolute atomic E-state index is 12.9. The van der Waals surface area contributed by atoms with Crippen LogP contribution in [0.3, 0.4) is 0 Å². The van der Waals surface area contributed by atoms with E-state index in [1.165, 1.54) is 19.3 Å². The monoisotopic (exact) mass is 391 g/mol. The van der Waals surface area contributed by atoms with Crippen molar-refractivity contribution in [3.8, 4) is 11.1 Å². The second-order valence-corrected chi connectivity index (χ2v) is 7.69. The fourth-order valence-corrected chi connectivity index (χ4v) is 4.22. The van der Waals surface area contributed by atoms with E-state index in [4.69, 9.17) is 5.10 Å². The maximum Gasteiger partial charge on any atom is 0.254 e. The quantitative estimate of drug-likeness (QED) is 0.699. The number of nitrogens with zero attached hydrogens (tertiary/aromatic N) is 4. The molecule has 152 valence electrons. The van der Waals surface area contributed by atoms with Crippen LogP contribution in [-0.4, -0.2) is 51.6 Å². The average Bonchev–Trinajstić information content (AvgIpc) is 3.10. The van der Waals surface area contributed by atoms with Crippen molar-refractivity contribution >= 4 is 11.6 Å². The third kappa shape index (κ3) is 4.03. The first-order chi connectivity index (χ1) is 14.2. The number of rotatable bonds is 6. The molecule has 1 aliphatic rings. The summed E-state index contributed by atoms with van der Waals surface area (Å²) in [4.78, 5) is 19.9. The van der Waals surface area contributed by atoms with Crippen molar-refractivity contribution < 1.29 is 4.79 Å². The van der Waals surface area contributed by atoms with E-state index < -0.39 is 0 Å². The topological polar surface area (TPSA) is 62.5 Å². The Bertz CT molecular complexity index is 989. The highest BCUT2D eigenvalue weighted by atomic mass is 16.1. The van der Waals surface area contributed by atoms with Gasteiger partial charge in [-0.2, -0.15) is 5.10 Å². The van der Waals surface area contributed by atoms with Crippen molar-refractivity contribution in [3.05, 3.63) is 53.5 Å². The number of likely N-dealkylation sites (tertiary alicyclic amines) is 1. The zero-order valence-electron chi connectivity index (χ0n) is 17.3. The summed E-state index contributed by atoms with van der Waals surface area (Å²) in [6.45, 7) is 7.89. The Morgan fingerprint density at radius 2 is 1.90 bits per heavy atom. The maximum atomic E-state index is 12.9. The molecule has 1 fully saturated rings. The smallest absolute Gasteiger partial charge is 0.254 e. The van der Waals surface area contributed by atoms with Gasteiger partial charge in [0, 0.05) is 24.8 Å². The first kappa shape index (κ1) is 19.6. The minimum atomic E-state index is -0.0670. The number of fused-ring (bicyclic) bond motifs is 1. The third-order valence-electron chi connectivity index (χ3n) is 5.72. The summed E-state index contributed by atoms with van der Waals surface area (Å²) in [6, 6.07) is 10.2. The number of nitrogens with one attached hydrogen (secondary N) is 1. The fourth-order valence-electron chi connectivity index (χ4n) is 4.22. The van der Waals surface area contributed by atoms with Gasteiger partial charge in [-0.25, -0.2) is 9.50 Å². The molecule has 2 aromatic heterocycles. The van der Waals surface area contributed by atoms with Crippen LogP contribution in [0.15, 0.2) is 36.5 Å². The van der Waals surface area contributed by atoms with Crippen LogP contribution in [0.4, 0.5) is 0 Å². The number of amides is 1. The Morgan fingerprint density at radius 3 is 2.62 bits per heavy atom. The molecule has 3 aromatic rings. The molecule has 6 nitrogen and oxygen atoms in total. The molecule has 0 spiro atoms. The molecule has 0 unspecified atom stereocenters. The lowest BCUT2D eigenvalue weighted by molar-refractivity contribution is 0.0944. The summed E-state index contributed by atoms with van der Waals surface area (Å²) in [7, 11) is 0. The van der Waals surface area contributed by atoms with Gasteiger partial charge in [0.15, 0.2) is 5.65 Å². The SMILES string of the molecule is CCc1c(C(=O)NCCN2CCCCC2)cnc2c(-c3ccccc3)c(C)nn12. The molecule has 1 amide bonds. The molecule has 3 heterocycles. The zero-order chi connectivity index (χ0) is 20.2. The van der Waals surface area contributed by atoms with E-state index in [1.54, 1.807) is 6.20 Å². The van der Waals surface area contributed by atoms with Crippen molar-refractivity contribution in [1.29, 1.82) is 0 Å². The van der Waals surface area contributed by atoms with Crippen LogP contribution >= 0.6 is 0 Å². The molecular weight excluding hydrogens is 362 g/mol. The van der Waals surface area contributed by atoms with Crippen LogP contribution in [0.1, 0.15) is 47.9 Å². The summed E-state index contributed by atoms with van der Waals surface area (Å²) < 4.78 is 1.84. The average molecular weight is 392 g/mol. The number of aromatic nitrogens is 3. The highest BCUT2D eigenvalue weighted by Gasteiger charge is 2.20. The first-order valence-corrected chi connectivity index (χ1v) is 10.6. The number of aryl methyl sites for hydroxylation is 2. The molecule has 0 bridgehead atoms. The summed E-state index contributed by atoms with van der Waals surface area (Å²) >= 11 is 0. The Kier molecular flexibility index (Phi) is 5.90. The minimum absolute atomic E-state index is 0.0670. The Hall–Kier alpha value is -2.73. The molecule has 0 saturated carbocycles. The highest BCUT2D eigenvalue weighted by Crippen LogP contribution is 2.28. The molecular formula is C23H29N5O.